The molecule has 1 saturated heterocycles. The van der Waals surface area contributed by atoms with Crippen LogP contribution >= 0.6 is 0 Å². The second-order valence-electron chi connectivity index (χ2n) is 12.4. The Morgan fingerprint density at radius 2 is 1.55 bits per heavy atom. The molecular formula is C35H42N2O5. The Labute approximate surface area is 249 Å². The number of fused-ring (bicyclic) bond motifs is 1. The highest BCUT2D eigenvalue weighted by Crippen LogP contribution is 2.39. The summed E-state index contributed by atoms with van der Waals surface area (Å²) in [5.41, 5.74) is 3.59. The van der Waals surface area contributed by atoms with Crippen LogP contribution in [0.3, 0.4) is 0 Å². The normalized spacial score (nSPS) is 20.1. The number of carbonyl (C=O) groups is 2. The van der Waals surface area contributed by atoms with Gasteiger partial charge in [0, 0.05) is 25.2 Å². The van der Waals surface area contributed by atoms with Crippen molar-refractivity contribution < 1.29 is 23.8 Å². The molecule has 3 aromatic carbocycles. The molecule has 7 nitrogen and oxygen atoms in total. The molecule has 1 saturated carbocycles. The first kappa shape index (κ1) is 29.6. The molecular weight excluding hydrogens is 528 g/mol. The summed E-state index contributed by atoms with van der Waals surface area (Å²) < 4.78 is 16.9. The van der Waals surface area contributed by atoms with Gasteiger partial charge in [-0.2, -0.15) is 0 Å². The van der Waals surface area contributed by atoms with Crippen molar-refractivity contribution >= 4 is 17.7 Å². The van der Waals surface area contributed by atoms with Crippen LogP contribution in [0.15, 0.2) is 78.9 Å². The fourth-order valence-corrected chi connectivity index (χ4v) is 6.06. The first-order valence-corrected chi connectivity index (χ1v) is 15.0. The number of hydrogen-bond acceptors (Lipinski definition) is 6. The van der Waals surface area contributed by atoms with Gasteiger partial charge in [-0.3, -0.25) is 10.1 Å². The van der Waals surface area contributed by atoms with Gasteiger partial charge in [-0.1, -0.05) is 60.7 Å². The van der Waals surface area contributed by atoms with Crippen LogP contribution in [-0.4, -0.2) is 54.9 Å². The molecule has 0 radical (unpaired) electrons. The highest BCUT2D eigenvalue weighted by molar-refractivity contribution is 5.91. The Kier molecular flexibility index (Phi) is 9.48. The predicted molar refractivity (Wildman–Crippen MR) is 165 cm³/mol. The van der Waals surface area contributed by atoms with Gasteiger partial charge in [-0.25, -0.2) is 4.79 Å². The summed E-state index contributed by atoms with van der Waals surface area (Å²) in [5, 5.41) is 2.98. The highest BCUT2D eigenvalue weighted by Gasteiger charge is 2.42. The fraction of sp³-hybridized carbons (Fsp3) is 0.429. The molecule has 0 aromatic heterocycles. The first-order chi connectivity index (χ1) is 20.2. The van der Waals surface area contributed by atoms with Crippen LogP contribution in [-0.2, 0) is 20.7 Å². The van der Waals surface area contributed by atoms with Gasteiger partial charge in [0.25, 0.3) is 0 Å². The van der Waals surface area contributed by atoms with E-state index in [-0.39, 0.29) is 24.6 Å². The van der Waals surface area contributed by atoms with E-state index in [0.717, 1.165) is 61.5 Å². The van der Waals surface area contributed by atoms with Crippen molar-refractivity contribution in [2.45, 2.75) is 58.2 Å². The minimum Gasteiger partial charge on any atom is -0.493 e. The van der Waals surface area contributed by atoms with Crippen LogP contribution in [0.1, 0.15) is 45.6 Å². The molecule has 3 aromatic rings. The number of rotatable bonds is 10. The van der Waals surface area contributed by atoms with Crippen LogP contribution in [0, 0.1) is 11.8 Å². The summed E-state index contributed by atoms with van der Waals surface area (Å²) in [6, 6.07) is 26.0. The van der Waals surface area contributed by atoms with E-state index in [1.807, 2.05) is 87.5 Å². The topological polar surface area (TPSA) is 77.1 Å². The minimum atomic E-state index is -0.477. The Morgan fingerprint density at radius 1 is 0.881 bits per heavy atom. The minimum absolute atomic E-state index is 0.0334. The Bertz CT molecular complexity index is 1320. The third-order valence-corrected chi connectivity index (χ3v) is 7.94. The summed E-state index contributed by atoms with van der Waals surface area (Å²) in [5.74, 6) is 1.65. The molecule has 5 rings (SSSR count). The lowest BCUT2D eigenvalue weighted by Crippen LogP contribution is -2.27. The maximum atomic E-state index is 12.8. The summed E-state index contributed by atoms with van der Waals surface area (Å²) >= 11 is 0. The average molecular weight is 571 g/mol. The summed E-state index contributed by atoms with van der Waals surface area (Å²) in [7, 11) is 0. The number of amides is 1. The fourth-order valence-electron chi connectivity index (χ4n) is 6.06. The lowest BCUT2D eigenvalue weighted by Gasteiger charge is -2.20. The van der Waals surface area contributed by atoms with Crippen molar-refractivity contribution in [3.8, 4) is 16.9 Å². The second kappa shape index (κ2) is 13.4. The number of nitrogens with zero attached hydrogens (tertiary/aromatic N) is 1. The molecule has 2 fully saturated rings. The molecule has 42 heavy (non-hydrogen) atoms. The van der Waals surface area contributed by atoms with E-state index in [2.05, 4.69) is 22.3 Å². The van der Waals surface area contributed by atoms with Crippen LogP contribution < -0.4 is 10.1 Å². The number of hydrogen-bond donors (Lipinski definition) is 1. The number of ether oxygens (including phenoxy) is 3. The van der Waals surface area contributed by atoms with Gasteiger partial charge in [0.2, 0.25) is 0 Å². The van der Waals surface area contributed by atoms with Crippen molar-refractivity contribution in [1.29, 1.82) is 0 Å². The van der Waals surface area contributed by atoms with E-state index in [1.165, 1.54) is 5.56 Å². The monoisotopic (exact) mass is 570 g/mol. The number of nitrogens with one attached hydrogen (secondary N) is 1. The highest BCUT2D eigenvalue weighted by atomic mass is 16.6. The quantitative estimate of drug-likeness (QED) is 0.266. The molecule has 1 aliphatic carbocycles. The molecule has 0 unspecified atom stereocenters. The number of likely N-dealkylation sites (tertiary alicyclic amines) is 1. The van der Waals surface area contributed by atoms with E-state index < -0.39 is 5.60 Å². The second-order valence-corrected chi connectivity index (χ2v) is 12.4. The largest absolute Gasteiger partial charge is 0.493 e. The summed E-state index contributed by atoms with van der Waals surface area (Å²) in [4.78, 5) is 27.2. The maximum absolute atomic E-state index is 12.8. The molecule has 1 amide bonds. The molecule has 1 aliphatic heterocycles. The van der Waals surface area contributed by atoms with Gasteiger partial charge in [-0.05, 0) is 81.2 Å². The van der Waals surface area contributed by atoms with Gasteiger partial charge in [0.15, 0.2) is 0 Å². The maximum Gasteiger partial charge on any atom is 0.411 e. The molecule has 1 N–H and O–H groups in total. The van der Waals surface area contributed by atoms with E-state index in [9.17, 15) is 9.59 Å². The molecule has 2 aliphatic rings. The van der Waals surface area contributed by atoms with Crippen molar-refractivity contribution in [2.24, 2.45) is 11.8 Å². The standard InChI is InChI=1S/C35H42N2O5/c1-35(2,3)42-33(38)18-20-40-29-15-13-25(14-16-29)17-19-37-23-27-21-30(22-28(27)24-37)41-34(39)36-32-12-8-7-11-31(32)26-9-5-4-6-10-26/h4-16,27-28,30H,17-24H2,1-3H3,(H,36,39)/t27-,28+,30+. The third-order valence-electron chi connectivity index (χ3n) is 7.94. The van der Waals surface area contributed by atoms with Gasteiger partial charge in [-0.15, -0.1) is 0 Å². The predicted octanol–water partition coefficient (Wildman–Crippen LogP) is 6.97. The molecule has 222 valence electrons. The number of carbonyl (C=O) groups excluding carboxylic acids is 2. The zero-order valence-electron chi connectivity index (χ0n) is 24.9. The Morgan fingerprint density at radius 3 is 2.24 bits per heavy atom. The van der Waals surface area contributed by atoms with Gasteiger partial charge < -0.3 is 19.1 Å². The third kappa shape index (κ3) is 8.35. The van der Waals surface area contributed by atoms with Crippen LogP contribution in [0.25, 0.3) is 11.1 Å². The van der Waals surface area contributed by atoms with Crippen molar-refractivity contribution in [1.82, 2.24) is 4.90 Å². The molecule has 1 heterocycles. The van der Waals surface area contributed by atoms with E-state index >= 15 is 0 Å². The lowest BCUT2D eigenvalue weighted by atomic mass is 10.0. The van der Waals surface area contributed by atoms with Gasteiger partial charge in [0.1, 0.15) is 17.5 Å². The molecule has 0 bridgehead atoms. The van der Waals surface area contributed by atoms with Gasteiger partial charge in [0.05, 0.1) is 18.7 Å². The number of para-hydroxylation sites is 1. The zero-order chi connectivity index (χ0) is 29.5. The summed E-state index contributed by atoms with van der Waals surface area (Å²) in [6.07, 6.45) is 2.64. The number of anilines is 1. The number of benzene rings is 3. The molecule has 7 heteroatoms. The van der Waals surface area contributed by atoms with E-state index in [0.29, 0.717) is 18.4 Å². The van der Waals surface area contributed by atoms with Crippen molar-refractivity contribution in [3.05, 3.63) is 84.4 Å². The van der Waals surface area contributed by atoms with Crippen molar-refractivity contribution in [3.63, 3.8) is 0 Å². The lowest BCUT2D eigenvalue weighted by molar-refractivity contribution is -0.155. The summed E-state index contributed by atoms with van der Waals surface area (Å²) in [6.45, 7) is 8.99. The Hall–Kier alpha value is -3.84. The first-order valence-electron chi connectivity index (χ1n) is 15.0. The van der Waals surface area contributed by atoms with Crippen LogP contribution in [0.5, 0.6) is 5.75 Å². The Balaban J connectivity index is 1.01. The van der Waals surface area contributed by atoms with Gasteiger partial charge >= 0.3 is 12.1 Å². The zero-order valence-corrected chi connectivity index (χ0v) is 24.9. The average Bonchev–Trinajstić information content (AvgIpc) is 3.50. The SMILES string of the molecule is CC(C)(C)OC(=O)CCOc1ccc(CCN2C[C@H]3C[C@H](OC(=O)Nc4ccccc4-c4ccccc4)C[C@H]3C2)cc1. The smallest absolute Gasteiger partial charge is 0.411 e. The van der Waals surface area contributed by atoms with Crippen LogP contribution in [0.2, 0.25) is 0 Å². The number of esters is 1. The molecule has 3 atom stereocenters. The van der Waals surface area contributed by atoms with Crippen LogP contribution in [0.4, 0.5) is 10.5 Å². The van der Waals surface area contributed by atoms with Crippen molar-refractivity contribution in [2.75, 3.05) is 31.6 Å². The van der Waals surface area contributed by atoms with E-state index in [1.54, 1.807) is 0 Å². The van der Waals surface area contributed by atoms with E-state index in [4.69, 9.17) is 14.2 Å². The molecule has 0 spiro atoms.